The number of rotatable bonds is 12. The number of carbonyl (C=O) groups excluding carboxylic acids is 2. The van der Waals surface area contributed by atoms with Gasteiger partial charge in [0.1, 0.15) is 6.04 Å². The number of nitrogens with one attached hydrogen (secondary N) is 3. The minimum absolute atomic E-state index is 0.0441. The quantitative estimate of drug-likeness (QED) is 0.114. The highest BCUT2D eigenvalue weighted by molar-refractivity contribution is 6.47. The number of nitrogens with two attached hydrogens (primary N) is 2. The molecule has 204 valence electrons. The topological polar surface area (TPSA) is 153 Å². The van der Waals surface area contributed by atoms with Crippen LogP contribution in [0.25, 0.3) is 0 Å². The normalized spacial score (nSPS) is 30.3. The highest BCUT2D eigenvalue weighted by atomic mass is 16.7. The smallest absolute Gasteiger partial charge is 0.404 e. The summed E-state index contributed by atoms with van der Waals surface area (Å²) in [6, 6.07) is -0.689. The molecule has 0 aromatic heterocycles. The first-order valence-corrected chi connectivity index (χ1v) is 13.5. The van der Waals surface area contributed by atoms with E-state index < -0.39 is 13.2 Å². The molecule has 10 nitrogen and oxygen atoms in total. The van der Waals surface area contributed by atoms with Crippen LogP contribution in [0, 0.1) is 23.2 Å². The molecule has 1 heterocycles. The molecule has 0 unspecified atom stereocenters. The van der Waals surface area contributed by atoms with E-state index in [2.05, 4.69) is 55.6 Å². The number of aliphatic imine (C=N–C) groups is 1. The van der Waals surface area contributed by atoms with Gasteiger partial charge in [-0.3, -0.25) is 14.6 Å². The maximum atomic E-state index is 13.4. The van der Waals surface area contributed by atoms with Crippen molar-refractivity contribution in [1.82, 2.24) is 16.0 Å². The van der Waals surface area contributed by atoms with Crippen molar-refractivity contribution < 1.29 is 18.9 Å². The summed E-state index contributed by atoms with van der Waals surface area (Å²) >= 11 is 0. The van der Waals surface area contributed by atoms with E-state index in [0.717, 1.165) is 6.42 Å². The van der Waals surface area contributed by atoms with Crippen molar-refractivity contribution in [1.29, 1.82) is 0 Å². The predicted molar refractivity (Wildman–Crippen MR) is 142 cm³/mol. The van der Waals surface area contributed by atoms with Gasteiger partial charge in [0.15, 0.2) is 5.96 Å². The summed E-state index contributed by atoms with van der Waals surface area (Å²) < 4.78 is 13.1. The highest BCUT2D eigenvalue weighted by Gasteiger charge is 2.68. The van der Waals surface area contributed by atoms with E-state index in [1.165, 1.54) is 6.42 Å². The molecule has 4 fully saturated rings. The molecule has 0 spiro atoms. The number of carbonyl (C=O) groups is 2. The molecule has 2 amide bonds. The van der Waals surface area contributed by atoms with E-state index >= 15 is 0 Å². The second-order valence-corrected chi connectivity index (χ2v) is 11.9. The monoisotopic (exact) mass is 506 g/mol. The van der Waals surface area contributed by atoms with Crippen molar-refractivity contribution in [3.8, 4) is 0 Å². The molecule has 3 aliphatic carbocycles. The van der Waals surface area contributed by atoms with Crippen LogP contribution in [0.5, 0.6) is 0 Å². The SMILES string of the molecule is CN=C(N)NCCC[C@H](NC(=O)CCN)C(=O)N[C@@H](CC(C)C)B1O[C@@H]2C[C@@H]3C[C@@H](C3(C)C)[C@]2(C)O1. The zero-order chi connectivity index (χ0) is 26.7. The third kappa shape index (κ3) is 6.16. The summed E-state index contributed by atoms with van der Waals surface area (Å²) in [6.45, 7) is 11.9. The van der Waals surface area contributed by atoms with Crippen LogP contribution in [-0.2, 0) is 18.9 Å². The van der Waals surface area contributed by atoms with Gasteiger partial charge >= 0.3 is 7.12 Å². The number of amides is 2. The lowest BCUT2D eigenvalue weighted by atomic mass is 9.43. The fourth-order valence-electron chi connectivity index (χ4n) is 6.37. The molecule has 0 aromatic carbocycles. The zero-order valence-corrected chi connectivity index (χ0v) is 22.9. The van der Waals surface area contributed by atoms with Gasteiger partial charge in [0.25, 0.3) is 0 Å². The molecule has 6 atom stereocenters. The minimum Gasteiger partial charge on any atom is -0.404 e. The fourth-order valence-corrected chi connectivity index (χ4v) is 6.37. The fraction of sp³-hybridized carbons (Fsp3) is 0.880. The molecule has 4 aliphatic rings. The van der Waals surface area contributed by atoms with Gasteiger partial charge in [0.2, 0.25) is 11.8 Å². The first-order valence-electron chi connectivity index (χ1n) is 13.5. The van der Waals surface area contributed by atoms with Crippen molar-refractivity contribution in [2.24, 2.45) is 39.6 Å². The number of hydrogen-bond acceptors (Lipinski definition) is 6. The van der Waals surface area contributed by atoms with E-state index in [1.807, 2.05) is 0 Å². The van der Waals surface area contributed by atoms with Crippen molar-refractivity contribution in [2.75, 3.05) is 20.1 Å². The molecule has 0 radical (unpaired) electrons. The third-order valence-electron chi connectivity index (χ3n) is 8.59. The maximum absolute atomic E-state index is 13.4. The lowest BCUT2D eigenvalue weighted by Crippen LogP contribution is -2.65. The number of hydrogen-bond donors (Lipinski definition) is 5. The van der Waals surface area contributed by atoms with E-state index in [4.69, 9.17) is 20.8 Å². The zero-order valence-electron chi connectivity index (χ0n) is 22.9. The molecule has 1 saturated heterocycles. The van der Waals surface area contributed by atoms with Gasteiger partial charge in [0, 0.05) is 26.6 Å². The van der Waals surface area contributed by atoms with Crippen molar-refractivity contribution in [3.05, 3.63) is 0 Å². The summed E-state index contributed by atoms with van der Waals surface area (Å²) in [4.78, 5) is 29.6. The van der Waals surface area contributed by atoms with Gasteiger partial charge < -0.3 is 36.7 Å². The molecule has 2 bridgehead atoms. The largest absolute Gasteiger partial charge is 0.481 e. The molecule has 11 heteroatoms. The van der Waals surface area contributed by atoms with E-state index in [0.29, 0.717) is 49.5 Å². The summed E-state index contributed by atoms with van der Waals surface area (Å²) in [5, 5.41) is 9.01. The van der Waals surface area contributed by atoms with Gasteiger partial charge in [-0.25, -0.2) is 0 Å². The van der Waals surface area contributed by atoms with Crippen LogP contribution in [0.3, 0.4) is 0 Å². The van der Waals surface area contributed by atoms with Crippen LogP contribution >= 0.6 is 0 Å². The molecular weight excluding hydrogens is 459 g/mol. The highest BCUT2D eigenvalue weighted by Crippen LogP contribution is 2.65. The van der Waals surface area contributed by atoms with E-state index in [-0.39, 0.29) is 47.8 Å². The van der Waals surface area contributed by atoms with Gasteiger partial charge in [-0.15, -0.1) is 0 Å². The standard InChI is InChI=1S/C25H47BN6O4/c1-15(2)12-20(26-35-19-14-16-13-18(24(16,3)4)25(19,5)36-26)32-22(34)17(31-21(33)9-10-27)8-7-11-30-23(28)29-6/h15-20H,7-14,27H2,1-6H3,(H,31,33)(H,32,34)(H3,28,29,30)/t16-,17-,18-,19+,20-,25-/m0/s1. The molecule has 1 aliphatic heterocycles. The van der Waals surface area contributed by atoms with Crippen LogP contribution in [0.2, 0.25) is 0 Å². The first kappa shape index (κ1) is 28.7. The van der Waals surface area contributed by atoms with Crippen LogP contribution < -0.4 is 27.4 Å². The Morgan fingerprint density at radius 1 is 1.19 bits per heavy atom. The van der Waals surface area contributed by atoms with Gasteiger partial charge in [-0.1, -0.05) is 27.7 Å². The Morgan fingerprint density at radius 3 is 2.53 bits per heavy atom. The summed E-state index contributed by atoms with van der Waals surface area (Å²) in [5.41, 5.74) is 11.1. The first-order chi connectivity index (χ1) is 16.9. The minimum atomic E-state index is -0.689. The Hall–Kier alpha value is -1.85. The molecule has 0 aromatic rings. The number of nitrogens with zero attached hydrogens (tertiary/aromatic N) is 1. The summed E-state index contributed by atoms with van der Waals surface area (Å²) in [6.07, 6.45) is 4.17. The summed E-state index contributed by atoms with van der Waals surface area (Å²) in [5.74, 6) is 0.984. The lowest BCUT2D eigenvalue weighted by molar-refractivity contribution is -0.199. The number of guanidine groups is 1. The molecule has 3 saturated carbocycles. The Labute approximate surface area is 216 Å². The van der Waals surface area contributed by atoms with Crippen molar-refractivity contribution in [3.63, 3.8) is 0 Å². The lowest BCUT2D eigenvalue weighted by Gasteiger charge is -2.64. The van der Waals surface area contributed by atoms with Crippen molar-refractivity contribution >= 4 is 24.9 Å². The Morgan fingerprint density at radius 2 is 1.92 bits per heavy atom. The predicted octanol–water partition coefficient (Wildman–Crippen LogP) is 0.933. The third-order valence-corrected chi connectivity index (χ3v) is 8.59. The Balaban J connectivity index is 1.68. The van der Waals surface area contributed by atoms with Gasteiger partial charge in [-0.2, -0.15) is 0 Å². The maximum Gasteiger partial charge on any atom is 0.481 e. The van der Waals surface area contributed by atoms with Crippen LogP contribution in [-0.4, -0.2) is 68.7 Å². The van der Waals surface area contributed by atoms with Gasteiger partial charge in [-0.05, 0) is 62.2 Å². The average molecular weight is 507 g/mol. The second kappa shape index (κ2) is 11.7. The molecular formula is C25H47BN6O4. The Kier molecular flexibility index (Phi) is 9.33. The van der Waals surface area contributed by atoms with Crippen LogP contribution in [0.4, 0.5) is 0 Å². The average Bonchev–Trinajstić information content (AvgIpc) is 3.17. The van der Waals surface area contributed by atoms with E-state index in [1.54, 1.807) is 7.05 Å². The van der Waals surface area contributed by atoms with E-state index in [9.17, 15) is 9.59 Å². The van der Waals surface area contributed by atoms with Crippen molar-refractivity contribution in [2.45, 2.75) is 96.8 Å². The molecule has 36 heavy (non-hydrogen) atoms. The van der Waals surface area contributed by atoms with Crippen LogP contribution in [0.1, 0.15) is 73.1 Å². The van der Waals surface area contributed by atoms with Crippen LogP contribution in [0.15, 0.2) is 4.99 Å². The second-order valence-electron chi connectivity index (χ2n) is 11.9. The molecule has 4 rings (SSSR count). The Bertz CT molecular complexity index is 824. The summed E-state index contributed by atoms with van der Waals surface area (Å²) in [7, 11) is 1.10. The van der Waals surface area contributed by atoms with Gasteiger partial charge in [0.05, 0.1) is 17.6 Å². The molecule has 7 N–H and O–H groups in total.